The van der Waals surface area contributed by atoms with Gasteiger partial charge in [0.15, 0.2) is 11.5 Å². The molecule has 2 N–H and O–H groups in total. The maximum atomic E-state index is 6.23. The highest BCUT2D eigenvalue weighted by Gasteiger charge is 2.20. The zero-order valence-electron chi connectivity index (χ0n) is 9.96. The number of hydrogen-bond donors (Lipinski definition) is 1. The zero-order chi connectivity index (χ0) is 12.4. The van der Waals surface area contributed by atoms with Crippen LogP contribution in [0.5, 0.6) is 11.5 Å². The summed E-state index contributed by atoms with van der Waals surface area (Å²) in [7, 11) is 0. The van der Waals surface area contributed by atoms with E-state index in [1.54, 1.807) is 12.5 Å². The molecule has 0 saturated carbocycles. The summed E-state index contributed by atoms with van der Waals surface area (Å²) >= 11 is 0. The van der Waals surface area contributed by atoms with Crippen LogP contribution in [0.1, 0.15) is 17.2 Å². The smallest absolute Gasteiger partial charge is 0.166 e. The molecule has 1 unspecified atom stereocenters. The molecule has 1 atom stereocenters. The van der Waals surface area contributed by atoms with Crippen molar-refractivity contribution in [1.82, 2.24) is 0 Å². The second-order valence-electron chi connectivity index (χ2n) is 4.31. The predicted molar refractivity (Wildman–Crippen MR) is 66.8 cm³/mol. The average Bonchev–Trinajstić information content (AvgIpc) is 2.91. The van der Waals surface area contributed by atoms with Crippen molar-refractivity contribution in [2.45, 2.75) is 12.5 Å². The molecule has 94 valence electrons. The zero-order valence-corrected chi connectivity index (χ0v) is 9.96. The predicted octanol–water partition coefficient (Wildman–Crippen LogP) is 2.29. The van der Waals surface area contributed by atoms with Crippen LogP contribution in [0.15, 0.2) is 41.2 Å². The van der Waals surface area contributed by atoms with Crippen LogP contribution < -0.4 is 15.2 Å². The fourth-order valence-electron chi connectivity index (χ4n) is 2.16. The molecule has 1 aromatic carbocycles. The van der Waals surface area contributed by atoms with Gasteiger partial charge in [-0.1, -0.05) is 12.1 Å². The highest BCUT2D eigenvalue weighted by Crippen LogP contribution is 2.37. The van der Waals surface area contributed by atoms with E-state index in [4.69, 9.17) is 19.6 Å². The van der Waals surface area contributed by atoms with Crippen molar-refractivity contribution >= 4 is 0 Å². The summed E-state index contributed by atoms with van der Waals surface area (Å²) in [5.41, 5.74) is 8.29. The van der Waals surface area contributed by atoms with E-state index in [1.165, 1.54) is 0 Å². The van der Waals surface area contributed by atoms with E-state index in [-0.39, 0.29) is 6.04 Å². The summed E-state index contributed by atoms with van der Waals surface area (Å²) in [6, 6.07) is 7.63. The topological polar surface area (TPSA) is 57.6 Å². The third-order valence-corrected chi connectivity index (χ3v) is 3.03. The number of nitrogens with two attached hydrogens (primary N) is 1. The van der Waals surface area contributed by atoms with E-state index in [0.29, 0.717) is 13.2 Å². The third-order valence-electron chi connectivity index (χ3n) is 3.03. The lowest BCUT2D eigenvalue weighted by molar-refractivity contribution is 0.169. The molecule has 0 saturated heterocycles. The molecule has 1 aromatic heterocycles. The van der Waals surface area contributed by atoms with Crippen LogP contribution in [0.25, 0.3) is 0 Å². The van der Waals surface area contributed by atoms with Crippen LogP contribution in [0.4, 0.5) is 0 Å². The largest absolute Gasteiger partial charge is 0.486 e. The number of fused-ring (bicyclic) bond motifs is 1. The molecule has 0 spiro atoms. The number of benzene rings is 1. The van der Waals surface area contributed by atoms with E-state index < -0.39 is 0 Å². The normalized spacial score (nSPS) is 15.4. The number of ether oxygens (including phenoxy) is 2. The monoisotopic (exact) mass is 245 g/mol. The highest BCUT2D eigenvalue weighted by atomic mass is 16.6. The Kier molecular flexibility index (Phi) is 2.94. The minimum absolute atomic E-state index is 0.126. The second-order valence-corrected chi connectivity index (χ2v) is 4.31. The Bertz CT molecular complexity index is 522. The van der Waals surface area contributed by atoms with Crippen molar-refractivity contribution in [3.63, 3.8) is 0 Å². The maximum absolute atomic E-state index is 6.23. The van der Waals surface area contributed by atoms with E-state index in [9.17, 15) is 0 Å². The Morgan fingerprint density at radius 3 is 2.89 bits per heavy atom. The molecule has 4 nitrogen and oxygen atoms in total. The fourth-order valence-corrected chi connectivity index (χ4v) is 2.16. The Labute approximate surface area is 105 Å². The molecule has 0 radical (unpaired) electrons. The summed E-state index contributed by atoms with van der Waals surface area (Å²) in [6.45, 7) is 1.16. The van der Waals surface area contributed by atoms with Gasteiger partial charge >= 0.3 is 0 Å². The quantitative estimate of drug-likeness (QED) is 0.901. The van der Waals surface area contributed by atoms with Crippen molar-refractivity contribution < 1.29 is 13.9 Å². The molecule has 0 fully saturated rings. The molecule has 1 aliphatic heterocycles. The van der Waals surface area contributed by atoms with Crippen LogP contribution in [-0.2, 0) is 6.42 Å². The summed E-state index contributed by atoms with van der Waals surface area (Å²) < 4.78 is 16.3. The first-order chi connectivity index (χ1) is 8.84. The number of rotatable bonds is 3. The minimum Gasteiger partial charge on any atom is -0.486 e. The third kappa shape index (κ3) is 2.07. The van der Waals surface area contributed by atoms with Crippen LogP contribution in [0, 0.1) is 0 Å². The van der Waals surface area contributed by atoms with Crippen LogP contribution in [-0.4, -0.2) is 13.2 Å². The lowest BCUT2D eigenvalue weighted by Crippen LogP contribution is -2.20. The van der Waals surface area contributed by atoms with E-state index in [1.807, 2.05) is 24.3 Å². The summed E-state index contributed by atoms with van der Waals surface area (Å²) in [5, 5.41) is 0. The SMILES string of the molecule is NC(Cc1ccoc1)c1cccc2c1OCCO2. The van der Waals surface area contributed by atoms with Gasteiger partial charge in [0.2, 0.25) is 0 Å². The van der Waals surface area contributed by atoms with Crippen molar-refractivity contribution in [1.29, 1.82) is 0 Å². The summed E-state index contributed by atoms with van der Waals surface area (Å²) in [4.78, 5) is 0. The lowest BCUT2D eigenvalue weighted by atomic mass is 10.00. The average molecular weight is 245 g/mol. The molecule has 0 amide bonds. The standard InChI is InChI=1S/C14H15NO3/c15-12(8-10-4-5-16-9-10)11-2-1-3-13-14(11)18-7-6-17-13/h1-5,9,12H,6-8,15H2. The molecular weight excluding hydrogens is 230 g/mol. The lowest BCUT2D eigenvalue weighted by Gasteiger charge is -2.23. The Morgan fingerprint density at radius 2 is 2.06 bits per heavy atom. The number of para-hydroxylation sites is 1. The van der Waals surface area contributed by atoms with Gasteiger partial charge in [-0.15, -0.1) is 0 Å². The van der Waals surface area contributed by atoms with E-state index in [0.717, 1.165) is 29.0 Å². The number of hydrogen-bond acceptors (Lipinski definition) is 4. The highest BCUT2D eigenvalue weighted by molar-refractivity contribution is 5.49. The van der Waals surface area contributed by atoms with Crippen molar-refractivity contribution in [3.8, 4) is 11.5 Å². The van der Waals surface area contributed by atoms with Gasteiger partial charge < -0.3 is 19.6 Å². The van der Waals surface area contributed by atoms with Gasteiger partial charge in [-0.25, -0.2) is 0 Å². The Balaban J connectivity index is 1.87. The molecular formula is C14H15NO3. The Hall–Kier alpha value is -1.94. The van der Waals surface area contributed by atoms with Gasteiger partial charge in [0, 0.05) is 11.6 Å². The fraction of sp³-hybridized carbons (Fsp3) is 0.286. The van der Waals surface area contributed by atoms with Gasteiger partial charge in [0.05, 0.1) is 12.5 Å². The maximum Gasteiger partial charge on any atom is 0.166 e. The van der Waals surface area contributed by atoms with Crippen molar-refractivity contribution in [2.24, 2.45) is 5.73 Å². The van der Waals surface area contributed by atoms with Crippen LogP contribution in [0.3, 0.4) is 0 Å². The molecule has 3 rings (SSSR count). The first kappa shape index (κ1) is 11.2. The van der Waals surface area contributed by atoms with Gasteiger partial charge in [-0.2, -0.15) is 0 Å². The molecule has 0 aliphatic carbocycles. The molecule has 1 aliphatic rings. The molecule has 2 heterocycles. The summed E-state index contributed by atoms with van der Waals surface area (Å²) in [6.07, 6.45) is 4.09. The first-order valence-electron chi connectivity index (χ1n) is 6.00. The second kappa shape index (κ2) is 4.74. The van der Waals surface area contributed by atoms with E-state index >= 15 is 0 Å². The van der Waals surface area contributed by atoms with E-state index in [2.05, 4.69) is 0 Å². The Morgan fingerprint density at radius 1 is 1.17 bits per heavy atom. The van der Waals surface area contributed by atoms with Crippen LogP contribution >= 0.6 is 0 Å². The van der Waals surface area contributed by atoms with Gasteiger partial charge in [-0.05, 0) is 24.1 Å². The van der Waals surface area contributed by atoms with Crippen molar-refractivity contribution in [3.05, 3.63) is 47.9 Å². The minimum atomic E-state index is -0.126. The van der Waals surface area contributed by atoms with Gasteiger partial charge in [0.1, 0.15) is 13.2 Å². The molecule has 0 bridgehead atoms. The van der Waals surface area contributed by atoms with Crippen LogP contribution in [0.2, 0.25) is 0 Å². The molecule has 2 aromatic rings. The molecule has 18 heavy (non-hydrogen) atoms. The first-order valence-corrected chi connectivity index (χ1v) is 6.00. The molecule has 4 heteroatoms. The van der Waals surface area contributed by atoms with Crippen molar-refractivity contribution in [2.75, 3.05) is 13.2 Å². The summed E-state index contributed by atoms with van der Waals surface area (Å²) in [5.74, 6) is 1.56. The van der Waals surface area contributed by atoms with Gasteiger partial charge in [-0.3, -0.25) is 0 Å². The van der Waals surface area contributed by atoms with Gasteiger partial charge in [0.25, 0.3) is 0 Å². The number of furan rings is 1.